The van der Waals surface area contributed by atoms with Gasteiger partial charge in [-0.25, -0.2) is 0 Å². The van der Waals surface area contributed by atoms with Gasteiger partial charge in [-0.15, -0.1) is 0 Å². The Bertz CT molecular complexity index is 2010. The van der Waals surface area contributed by atoms with Crippen LogP contribution >= 0.6 is 0 Å². The number of rotatable bonds is 10. The number of benzene rings is 2. The second kappa shape index (κ2) is 17.0. The summed E-state index contributed by atoms with van der Waals surface area (Å²) in [6.45, 7) is 6.86. The summed E-state index contributed by atoms with van der Waals surface area (Å²) < 4.78 is 48.0. The molecule has 5 aliphatic rings. The summed E-state index contributed by atoms with van der Waals surface area (Å²) in [6.07, 6.45) is -7.26. The van der Waals surface area contributed by atoms with Crippen molar-refractivity contribution in [2.75, 3.05) is 28.3 Å². The van der Waals surface area contributed by atoms with Crippen molar-refractivity contribution < 1.29 is 77.5 Å². The average Bonchev–Trinajstić information content (AvgIpc) is 3.20. The summed E-state index contributed by atoms with van der Waals surface area (Å²) in [5, 5.41) is 47.5. The summed E-state index contributed by atoms with van der Waals surface area (Å²) in [7, 11) is 6.16. The fourth-order valence-corrected chi connectivity index (χ4v) is 9.52. The van der Waals surface area contributed by atoms with E-state index in [2.05, 4.69) is 0 Å². The van der Waals surface area contributed by atoms with Crippen molar-refractivity contribution in [1.29, 1.82) is 0 Å². The molecule has 4 N–H and O–H groups in total. The van der Waals surface area contributed by atoms with Gasteiger partial charge in [-0.1, -0.05) is 19.1 Å². The molecule has 0 amide bonds. The molecule has 2 aliphatic carbocycles. The van der Waals surface area contributed by atoms with Crippen LogP contribution in [0.15, 0.2) is 18.2 Å². The van der Waals surface area contributed by atoms with E-state index in [1.54, 1.807) is 27.7 Å². The maximum absolute atomic E-state index is 14.2. The fourth-order valence-electron chi connectivity index (χ4n) is 9.52. The smallest absolute Gasteiger partial charge is 0.316 e. The van der Waals surface area contributed by atoms with Crippen molar-refractivity contribution in [1.82, 2.24) is 4.90 Å². The number of likely N-dealkylation sites (N-methyl/N-ethyl adjacent to an activating group) is 1. The predicted molar refractivity (Wildman–Crippen MR) is 208 cm³/mol. The molecule has 0 spiro atoms. The van der Waals surface area contributed by atoms with Crippen LogP contribution in [0.5, 0.6) is 17.2 Å². The minimum Gasteiger partial charge on any atom is -0.507 e. The standard InChI is InChI=1S/C43H55NO16/c1-9-43(52)17-26(31-32(35(43)42(51)54-8)39(50)33-34(38(31)49)37(48)30-21(36(33)47)11-10-12-25(30)53-7)58-28-15-22(44(5)6)40(19(3)56-28)60-29-16-24(46)41(20(4)57-29)59-27-14-13-23(45)18(2)55-27/h10-12,18-20,22,24,26-29,35,40-41,46,49-50,52H,9,13-17H2,1-8H3/t18?,19?,20?,22?,24?,26-,27?,28?,29?,35-,40?,41?,43+/m0/s1. The first-order chi connectivity index (χ1) is 28.4. The summed E-state index contributed by atoms with van der Waals surface area (Å²) in [4.78, 5) is 55.6. The predicted octanol–water partition coefficient (Wildman–Crippen LogP) is 3.17. The molecule has 2 aromatic carbocycles. The minimum absolute atomic E-state index is 0.0000319. The van der Waals surface area contributed by atoms with E-state index in [-0.39, 0.29) is 65.5 Å². The van der Waals surface area contributed by atoms with Crippen LogP contribution < -0.4 is 4.74 Å². The van der Waals surface area contributed by atoms with Gasteiger partial charge >= 0.3 is 5.97 Å². The molecule has 13 atom stereocenters. The SMILES string of the molecule is CC[C@@]1(O)C[C@H](OC2CC(N(C)C)C(OC3CC(O)C(OC4CCC(=O)C(C)O4)C(C)O3)C(C)O2)c2c(O)c3c(c(O)c2[C@H]1C(=O)OC)C(=O)c1cccc(OC)c1C3=O. The summed E-state index contributed by atoms with van der Waals surface area (Å²) >= 11 is 0. The number of hydrogen-bond acceptors (Lipinski definition) is 17. The van der Waals surface area contributed by atoms with Crippen LogP contribution in [-0.2, 0) is 42.7 Å². The van der Waals surface area contributed by atoms with E-state index >= 15 is 0 Å². The molecular formula is C43H55NO16. The number of phenols is 2. The van der Waals surface area contributed by atoms with Crippen molar-refractivity contribution in [2.24, 2.45) is 0 Å². The maximum atomic E-state index is 14.2. The van der Waals surface area contributed by atoms with Crippen molar-refractivity contribution >= 4 is 23.3 Å². The summed E-state index contributed by atoms with van der Waals surface area (Å²) in [5.41, 5.74) is -3.53. The number of ketones is 3. The Morgan fingerprint density at radius 1 is 0.850 bits per heavy atom. The Morgan fingerprint density at radius 2 is 1.48 bits per heavy atom. The zero-order valence-electron chi connectivity index (χ0n) is 35.0. The monoisotopic (exact) mass is 841 g/mol. The number of Topliss-reactive ketones (excluding diaryl/α,β-unsaturated/α-hetero) is 1. The topological polar surface area (TPSA) is 226 Å². The number of fused-ring (bicyclic) bond motifs is 3. The van der Waals surface area contributed by atoms with Crippen LogP contribution in [0, 0.1) is 0 Å². The molecule has 10 unspecified atom stereocenters. The van der Waals surface area contributed by atoms with Gasteiger partial charge in [0.15, 0.2) is 30.4 Å². The van der Waals surface area contributed by atoms with Gasteiger partial charge in [0.2, 0.25) is 5.78 Å². The molecule has 17 heteroatoms. The summed E-state index contributed by atoms with van der Waals surface area (Å²) in [6, 6.07) is 4.04. The van der Waals surface area contributed by atoms with Gasteiger partial charge in [-0.3, -0.25) is 19.2 Å². The molecule has 0 aromatic heterocycles. The van der Waals surface area contributed by atoms with Crippen LogP contribution in [0.2, 0.25) is 0 Å². The number of esters is 1. The number of aliphatic hydroxyl groups is 2. The van der Waals surface area contributed by atoms with E-state index in [1.165, 1.54) is 25.3 Å². The van der Waals surface area contributed by atoms with E-state index in [4.69, 9.17) is 37.9 Å². The minimum atomic E-state index is -1.91. The molecule has 3 fully saturated rings. The Balaban J connectivity index is 1.16. The fraction of sp³-hybridized carbons (Fsp3) is 0.628. The molecule has 2 aromatic rings. The zero-order valence-corrected chi connectivity index (χ0v) is 35.0. The summed E-state index contributed by atoms with van der Waals surface area (Å²) in [5.74, 6) is -5.45. The largest absolute Gasteiger partial charge is 0.507 e. The third-order valence-electron chi connectivity index (χ3n) is 12.7. The first-order valence-corrected chi connectivity index (χ1v) is 20.4. The number of aromatic hydroxyl groups is 2. The molecule has 3 saturated heterocycles. The van der Waals surface area contributed by atoms with Crippen LogP contribution in [-0.4, -0.2) is 144 Å². The molecule has 7 rings (SSSR count). The normalized spacial score (nSPS) is 35.4. The zero-order chi connectivity index (χ0) is 43.5. The number of ether oxygens (including phenoxy) is 8. The second-order valence-corrected chi connectivity index (χ2v) is 16.6. The van der Waals surface area contributed by atoms with Crippen LogP contribution in [0.4, 0.5) is 0 Å². The lowest BCUT2D eigenvalue weighted by molar-refractivity contribution is -0.324. The van der Waals surface area contributed by atoms with Crippen molar-refractivity contribution in [2.45, 2.75) is 145 Å². The lowest BCUT2D eigenvalue weighted by Crippen LogP contribution is -2.58. The van der Waals surface area contributed by atoms with Crippen molar-refractivity contribution in [3.05, 3.63) is 51.6 Å². The molecule has 3 aliphatic heterocycles. The molecule has 60 heavy (non-hydrogen) atoms. The van der Waals surface area contributed by atoms with Gasteiger partial charge in [0.1, 0.15) is 41.5 Å². The number of methoxy groups -OCH3 is 2. The number of aliphatic hydroxyl groups excluding tert-OH is 1. The quantitative estimate of drug-likeness (QED) is 0.170. The van der Waals surface area contributed by atoms with E-state index in [9.17, 15) is 39.6 Å². The molecule has 0 bridgehead atoms. The first-order valence-electron chi connectivity index (χ1n) is 20.4. The number of carbonyl (C=O) groups excluding carboxylic acids is 4. The number of hydrogen-bond donors (Lipinski definition) is 4. The molecule has 17 nitrogen and oxygen atoms in total. The second-order valence-electron chi connectivity index (χ2n) is 16.6. The highest BCUT2D eigenvalue weighted by molar-refractivity contribution is 6.31. The van der Waals surface area contributed by atoms with Gasteiger partial charge < -0.3 is 63.2 Å². The van der Waals surface area contributed by atoms with E-state index < -0.39 is 113 Å². The number of carbonyl (C=O) groups is 4. The van der Waals surface area contributed by atoms with Gasteiger partial charge in [-0.05, 0) is 47.4 Å². The molecule has 0 radical (unpaired) electrons. The lowest BCUT2D eigenvalue weighted by Gasteiger charge is -2.48. The molecule has 3 heterocycles. The highest BCUT2D eigenvalue weighted by atomic mass is 16.7. The van der Waals surface area contributed by atoms with E-state index in [1.807, 2.05) is 19.0 Å². The maximum Gasteiger partial charge on any atom is 0.316 e. The molecule has 328 valence electrons. The molecular weight excluding hydrogens is 786 g/mol. The van der Waals surface area contributed by atoms with Crippen molar-refractivity contribution in [3.8, 4) is 17.2 Å². The Kier molecular flexibility index (Phi) is 12.5. The van der Waals surface area contributed by atoms with E-state index in [0.717, 1.165) is 7.11 Å². The first kappa shape index (κ1) is 44.0. The third-order valence-corrected chi connectivity index (χ3v) is 12.7. The van der Waals surface area contributed by atoms with Gasteiger partial charge in [0, 0.05) is 54.8 Å². The third kappa shape index (κ3) is 7.62. The van der Waals surface area contributed by atoms with Crippen LogP contribution in [0.25, 0.3) is 0 Å². The lowest BCUT2D eigenvalue weighted by atomic mass is 9.66. The van der Waals surface area contributed by atoms with Gasteiger partial charge in [0.05, 0.1) is 60.9 Å². The Morgan fingerprint density at radius 3 is 2.10 bits per heavy atom. The average molecular weight is 842 g/mol. The number of phenolic OH excluding ortho intramolecular Hbond substituents is 2. The number of nitrogens with zero attached hydrogens (tertiary/aromatic N) is 1. The highest BCUT2D eigenvalue weighted by Crippen LogP contribution is 2.57. The van der Waals surface area contributed by atoms with Gasteiger partial charge in [-0.2, -0.15) is 0 Å². The highest BCUT2D eigenvalue weighted by Gasteiger charge is 2.55. The van der Waals surface area contributed by atoms with Crippen LogP contribution in [0.1, 0.15) is 121 Å². The Hall–Kier alpha value is -4.04. The van der Waals surface area contributed by atoms with Gasteiger partial charge in [0.25, 0.3) is 0 Å². The molecule has 0 saturated carbocycles. The van der Waals surface area contributed by atoms with E-state index in [0.29, 0.717) is 12.8 Å². The Labute approximate surface area is 347 Å². The van der Waals surface area contributed by atoms with Crippen molar-refractivity contribution in [3.63, 3.8) is 0 Å². The van der Waals surface area contributed by atoms with Crippen LogP contribution in [0.3, 0.4) is 0 Å².